The smallest absolute Gasteiger partial charge is 0.0525 e. The average Bonchev–Trinajstić information content (AvgIpc) is 1.55. The van der Waals surface area contributed by atoms with E-state index in [4.69, 9.17) is 4.74 Å². The van der Waals surface area contributed by atoms with Crippen molar-refractivity contribution in [2.45, 2.75) is 0 Å². The number of hydrogen-bond acceptors (Lipinski definition) is 2. The highest BCUT2D eigenvalue weighted by molar-refractivity contribution is 7.84. The van der Waals surface area contributed by atoms with Crippen LogP contribution in [0.2, 0.25) is 0 Å². The third kappa shape index (κ3) is 1.56. The molecule has 0 aromatic rings. The number of ether oxygens (including phenoxy) is 1. The maximum atomic E-state index is 10.5. The van der Waals surface area contributed by atoms with Gasteiger partial charge in [-0.15, -0.1) is 0 Å². The van der Waals surface area contributed by atoms with Crippen LogP contribution in [0, 0.1) is 5.92 Å². The summed E-state index contributed by atoms with van der Waals surface area (Å²) >= 11 is 0. The van der Waals surface area contributed by atoms with E-state index in [-0.39, 0.29) is 0 Å². The zero-order valence-electron chi connectivity index (χ0n) is 4.92. The maximum absolute atomic E-state index is 10.5. The van der Waals surface area contributed by atoms with Gasteiger partial charge in [0.2, 0.25) is 0 Å². The summed E-state index contributed by atoms with van der Waals surface area (Å²) in [6.07, 6.45) is 1.73. The van der Waals surface area contributed by atoms with Crippen molar-refractivity contribution < 1.29 is 8.95 Å². The summed E-state index contributed by atoms with van der Waals surface area (Å²) in [7, 11) is -0.624. The summed E-state index contributed by atoms with van der Waals surface area (Å²) in [5.41, 5.74) is 0. The SMILES string of the molecule is CS(=O)CC1COC1. The lowest BCUT2D eigenvalue weighted by Gasteiger charge is -2.24. The van der Waals surface area contributed by atoms with Crippen LogP contribution < -0.4 is 0 Å². The molecule has 48 valence electrons. The topological polar surface area (TPSA) is 26.3 Å². The molecule has 0 amide bonds. The second-order valence-corrected chi connectivity index (χ2v) is 3.62. The van der Waals surface area contributed by atoms with Crippen molar-refractivity contribution in [2.24, 2.45) is 5.92 Å². The third-order valence-electron chi connectivity index (χ3n) is 1.18. The van der Waals surface area contributed by atoms with Crippen LogP contribution in [0.25, 0.3) is 0 Å². The summed E-state index contributed by atoms with van der Waals surface area (Å²) in [6, 6.07) is 0. The zero-order chi connectivity index (χ0) is 5.98. The van der Waals surface area contributed by atoms with Gasteiger partial charge in [-0.3, -0.25) is 4.21 Å². The lowest BCUT2D eigenvalue weighted by molar-refractivity contribution is -0.0200. The second kappa shape index (κ2) is 2.60. The molecule has 0 aliphatic carbocycles. The molecule has 1 aliphatic heterocycles. The molecular formula is C5H10O2S. The normalized spacial score (nSPS) is 24.6. The fourth-order valence-corrected chi connectivity index (χ4v) is 1.57. The second-order valence-electron chi connectivity index (χ2n) is 2.14. The highest BCUT2D eigenvalue weighted by Crippen LogP contribution is 2.09. The van der Waals surface area contributed by atoms with Crippen molar-refractivity contribution in [3.05, 3.63) is 0 Å². The van der Waals surface area contributed by atoms with Gasteiger partial charge in [0.15, 0.2) is 0 Å². The van der Waals surface area contributed by atoms with Gasteiger partial charge in [0.1, 0.15) is 0 Å². The standard InChI is InChI=1S/C5H10O2S/c1-8(6)4-5-2-7-3-5/h5H,2-4H2,1H3. The predicted molar refractivity (Wildman–Crippen MR) is 33.2 cm³/mol. The summed E-state index contributed by atoms with van der Waals surface area (Å²) in [5, 5.41) is 0. The molecule has 0 spiro atoms. The lowest BCUT2D eigenvalue weighted by Crippen LogP contribution is -2.31. The van der Waals surface area contributed by atoms with Crippen LogP contribution in [0.1, 0.15) is 0 Å². The van der Waals surface area contributed by atoms with Crippen LogP contribution in [-0.2, 0) is 15.5 Å². The van der Waals surface area contributed by atoms with E-state index < -0.39 is 10.8 Å². The van der Waals surface area contributed by atoms with Crippen LogP contribution >= 0.6 is 0 Å². The van der Waals surface area contributed by atoms with Gasteiger partial charge in [-0.05, 0) is 0 Å². The molecule has 1 unspecified atom stereocenters. The lowest BCUT2D eigenvalue weighted by atomic mass is 10.1. The zero-order valence-corrected chi connectivity index (χ0v) is 5.74. The van der Waals surface area contributed by atoms with Crippen molar-refractivity contribution in [3.63, 3.8) is 0 Å². The van der Waals surface area contributed by atoms with Crippen molar-refractivity contribution in [2.75, 3.05) is 25.2 Å². The first-order valence-electron chi connectivity index (χ1n) is 2.67. The van der Waals surface area contributed by atoms with E-state index in [1.54, 1.807) is 6.26 Å². The van der Waals surface area contributed by atoms with Gasteiger partial charge < -0.3 is 4.74 Å². The van der Waals surface area contributed by atoms with E-state index in [0.717, 1.165) is 19.0 Å². The van der Waals surface area contributed by atoms with Gasteiger partial charge in [0.25, 0.3) is 0 Å². The third-order valence-corrected chi connectivity index (χ3v) is 2.12. The van der Waals surface area contributed by atoms with Gasteiger partial charge >= 0.3 is 0 Å². The van der Waals surface area contributed by atoms with E-state index in [9.17, 15) is 4.21 Å². The summed E-state index contributed by atoms with van der Waals surface area (Å²) < 4.78 is 15.4. The van der Waals surface area contributed by atoms with Gasteiger partial charge in [0, 0.05) is 28.7 Å². The van der Waals surface area contributed by atoms with Crippen molar-refractivity contribution in [3.8, 4) is 0 Å². The van der Waals surface area contributed by atoms with E-state index in [0.29, 0.717) is 5.92 Å². The monoisotopic (exact) mass is 134 g/mol. The Morgan fingerprint density at radius 1 is 1.75 bits per heavy atom. The molecule has 1 fully saturated rings. The van der Waals surface area contributed by atoms with Crippen LogP contribution in [0.3, 0.4) is 0 Å². The summed E-state index contributed by atoms with van der Waals surface area (Å²) in [4.78, 5) is 0. The van der Waals surface area contributed by atoms with Crippen molar-refractivity contribution in [1.29, 1.82) is 0 Å². The molecule has 0 aromatic heterocycles. The minimum atomic E-state index is -0.624. The Kier molecular flexibility index (Phi) is 2.02. The molecule has 3 heteroatoms. The molecule has 0 aromatic carbocycles. The van der Waals surface area contributed by atoms with Gasteiger partial charge in [0.05, 0.1) is 13.2 Å². The number of rotatable bonds is 2. The molecule has 1 saturated heterocycles. The maximum Gasteiger partial charge on any atom is 0.0525 e. The molecule has 0 N–H and O–H groups in total. The number of hydrogen-bond donors (Lipinski definition) is 0. The van der Waals surface area contributed by atoms with E-state index in [2.05, 4.69) is 0 Å². The van der Waals surface area contributed by atoms with Crippen LogP contribution in [0.15, 0.2) is 0 Å². The molecule has 0 saturated carbocycles. The van der Waals surface area contributed by atoms with E-state index in [1.165, 1.54) is 0 Å². The molecule has 2 nitrogen and oxygen atoms in total. The molecule has 1 heterocycles. The molecular weight excluding hydrogens is 124 g/mol. The molecule has 0 bridgehead atoms. The van der Waals surface area contributed by atoms with Gasteiger partial charge in [-0.1, -0.05) is 0 Å². The van der Waals surface area contributed by atoms with Crippen LogP contribution in [0.4, 0.5) is 0 Å². The first-order chi connectivity index (χ1) is 3.79. The fraction of sp³-hybridized carbons (Fsp3) is 1.00. The quantitative estimate of drug-likeness (QED) is 0.532. The van der Waals surface area contributed by atoms with Crippen LogP contribution in [0.5, 0.6) is 0 Å². The predicted octanol–water partition coefficient (Wildman–Crippen LogP) is 0.0113. The highest BCUT2D eigenvalue weighted by Gasteiger charge is 2.18. The molecule has 8 heavy (non-hydrogen) atoms. The summed E-state index contributed by atoms with van der Waals surface area (Å²) in [6.45, 7) is 1.64. The first-order valence-corrected chi connectivity index (χ1v) is 4.39. The van der Waals surface area contributed by atoms with Crippen LogP contribution in [-0.4, -0.2) is 29.4 Å². The summed E-state index contributed by atoms with van der Waals surface area (Å²) in [5.74, 6) is 1.40. The fourth-order valence-electron chi connectivity index (χ4n) is 0.713. The van der Waals surface area contributed by atoms with Gasteiger partial charge in [-0.25, -0.2) is 0 Å². The minimum absolute atomic E-state index is 0.584. The Bertz CT molecular complexity index is 98.6. The molecule has 0 radical (unpaired) electrons. The van der Waals surface area contributed by atoms with Crippen molar-refractivity contribution >= 4 is 10.8 Å². The Labute approximate surface area is 51.7 Å². The van der Waals surface area contributed by atoms with E-state index >= 15 is 0 Å². The largest absolute Gasteiger partial charge is 0.381 e. The average molecular weight is 134 g/mol. The highest BCUT2D eigenvalue weighted by atomic mass is 32.2. The first kappa shape index (κ1) is 6.23. The molecule has 1 atom stereocenters. The Hall–Kier alpha value is 0.110. The Balaban J connectivity index is 2.09. The molecule has 1 aliphatic rings. The Morgan fingerprint density at radius 3 is 2.50 bits per heavy atom. The van der Waals surface area contributed by atoms with Gasteiger partial charge in [-0.2, -0.15) is 0 Å². The van der Waals surface area contributed by atoms with Crippen molar-refractivity contribution in [1.82, 2.24) is 0 Å². The van der Waals surface area contributed by atoms with E-state index in [1.807, 2.05) is 0 Å². The minimum Gasteiger partial charge on any atom is -0.381 e. The Morgan fingerprint density at radius 2 is 2.38 bits per heavy atom. The molecule has 1 rings (SSSR count).